The van der Waals surface area contributed by atoms with Crippen molar-refractivity contribution in [1.82, 2.24) is 9.80 Å². The number of ketones is 1. The molecule has 1 amide bonds. The topological polar surface area (TPSA) is 70.1 Å². The first kappa shape index (κ1) is 22.2. The highest BCUT2D eigenvalue weighted by Gasteiger charge is 2.46. The number of aliphatic hydroxyl groups is 1. The lowest BCUT2D eigenvalue weighted by molar-refractivity contribution is -0.140. The number of nitrogens with zero attached hydrogens (tertiary/aromatic N) is 2. The minimum atomic E-state index is -0.776. The van der Waals surface area contributed by atoms with E-state index in [1.807, 2.05) is 19.0 Å². The van der Waals surface area contributed by atoms with Crippen LogP contribution in [-0.4, -0.2) is 60.9 Å². The Morgan fingerprint density at radius 2 is 1.77 bits per heavy atom. The zero-order valence-electron chi connectivity index (χ0n) is 16.9. The molecule has 30 heavy (non-hydrogen) atoms. The van der Waals surface area contributed by atoms with E-state index < -0.39 is 17.7 Å². The summed E-state index contributed by atoms with van der Waals surface area (Å²) in [6, 6.07) is 10.8. The summed E-state index contributed by atoms with van der Waals surface area (Å²) in [5.74, 6) is -1.04. The summed E-state index contributed by atoms with van der Waals surface area (Å²) in [5.41, 5.74) is 1.02. The van der Waals surface area contributed by atoms with Gasteiger partial charge in [-0.1, -0.05) is 29.3 Å². The number of ether oxygens (including phenoxy) is 1. The van der Waals surface area contributed by atoms with Crippen LogP contribution in [-0.2, 0) is 9.59 Å². The van der Waals surface area contributed by atoms with Gasteiger partial charge < -0.3 is 19.6 Å². The molecule has 2 aromatic carbocycles. The van der Waals surface area contributed by atoms with E-state index in [1.165, 1.54) is 12.0 Å². The molecule has 1 heterocycles. The lowest BCUT2D eigenvalue weighted by atomic mass is 9.95. The second-order valence-corrected chi connectivity index (χ2v) is 8.01. The maximum atomic E-state index is 12.9. The summed E-state index contributed by atoms with van der Waals surface area (Å²) in [6.45, 7) is 0.856. The van der Waals surface area contributed by atoms with Crippen LogP contribution in [0.1, 0.15) is 17.2 Å². The van der Waals surface area contributed by atoms with Gasteiger partial charge in [0.15, 0.2) is 0 Å². The third kappa shape index (κ3) is 4.31. The summed E-state index contributed by atoms with van der Waals surface area (Å²) in [6.07, 6.45) is 0. The van der Waals surface area contributed by atoms with Gasteiger partial charge in [0.2, 0.25) is 0 Å². The van der Waals surface area contributed by atoms with Crippen molar-refractivity contribution < 1.29 is 19.4 Å². The van der Waals surface area contributed by atoms with Crippen molar-refractivity contribution in [2.45, 2.75) is 6.04 Å². The molecule has 3 rings (SSSR count). The average Bonchev–Trinajstić information content (AvgIpc) is 2.98. The van der Waals surface area contributed by atoms with Crippen molar-refractivity contribution in [2.24, 2.45) is 0 Å². The number of carbonyl (C=O) groups excluding carboxylic acids is 2. The normalized spacial score (nSPS) is 18.3. The van der Waals surface area contributed by atoms with E-state index in [2.05, 4.69) is 0 Å². The predicted molar refractivity (Wildman–Crippen MR) is 117 cm³/mol. The molecule has 158 valence electrons. The number of likely N-dealkylation sites (tertiary alicyclic amines) is 1. The van der Waals surface area contributed by atoms with Gasteiger partial charge in [-0.2, -0.15) is 0 Å². The van der Waals surface area contributed by atoms with Crippen LogP contribution in [0, 0.1) is 0 Å². The summed E-state index contributed by atoms with van der Waals surface area (Å²) in [5, 5.41) is 11.7. The number of methoxy groups -OCH3 is 1. The first-order chi connectivity index (χ1) is 14.2. The number of Topliss-reactive ketones (excluding diaryl/α,β-unsaturated/α-hetero) is 1. The molecule has 0 saturated carbocycles. The van der Waals surface area contributed by atoms with E-state index in [0.717, 1.165) is 0 Å². The molecule has 0 aliphatic carbocycles. The number of rotatable bonds is 6. The number of carbonyl (C=O) groups is 2. The Morgan fingerprint density at radius 3 is 2.33 bits per heavy atom. The Labute approximate surface area is 185 Å². The lowest BCUT2D eigenvalue weighted by Gasteiger charge is -2.26. The van der Waals surface area contributed by atoms with Crippen LogP contribution in [0.2, 0.25) is 10.0 Å². The molecule has 0 aromatic heterocycles. The molecule has 1 aliphatic rings. The van der Waals surface area contributed by atoms with Gasteiger partial charge in [0.05, 0.1) is 28.8 Å². The Bertz CT molecular complexity index is 1000. The van der Waals surface area contributed by atoms with Gasteiger partial charge in [-0.05, 0) is 56.1 Å². The lowest BCUT2D eigenvalue weighted by Crippen LogP contribution is -2.35. The van der Waals surface area contributed by atoms with Crippen molar-refractivity contribution in [3.05, 3.63) is 69.2 Å². The molecule has 2 aromatic rings. The smallest absolute Gasteiger partial charge is 0.295 e. The van der Waals surface area contributed by atoms with Crippen molar-refractivity contribution >= 4 is 40.7 Å². The molecular formula is C22H22Cl2N2O4. The molecule has 0 bridgehead atoms. The standard InChI is InChI=1S/C22H22Cl2N2O4/c1-25(2)10-11-26-19(14-6-9-16(23)17(24)12-14)18(21(28)22(26)29)20(27)13-4-7-15(30-3)8-5-13/h4-9,12,19,27H,10-11H2,1-3H3/b20-18+/t19-/m1/s1. The molecule has 1 saturated heterocycles. The predicted octanol–water partition coefficient (Wildman–Crippen LogP) is 3.99. The third-order valence-corrected chi connectivity index (χ3v) is 5.69. The average molecular weight is 449 g/mol. The number of hydrogen-bond acceptors (Lipinski definition) is 5. The van der Waals surface area contributed by atoms with E-state index in [4.69, 9.17) is 27.9 Å². The molecule has 1 aliphatic heterocycles. The Balaban J connectivity index is 2.15. The van der Waals surface area contributed by atoms with Crippen LogP contribution >= 0.6 is 23.2 Å². The molecule has 8 heteroatoms. The van der Waals surface area contributed by atoms with Crippen LogP contribution in [0.5, 0.6) is 5.75 Å². The first-order valence-electron chi connectivity index (χ1n) is 9.27. The molecule has 0 radical (unpaired) electrons. The Hall–Kier alpha value is -2.54. The number of amides is 1. The number of likely N-dealkylation sites (N-methyl/N-ethyl adjacent to an activating group) is 1. The van der Waals surface area contributed by atoms with Crippen LogP contribution in [0.25, 0.3) is 5.76 Å². The van der Waals surface area contributed by atoms with Crippen molar-refractivity contribution in [3.63, 3.8) is 0 Å². The first-order valence-corrected chi connectivity index (χ1v) is 10.0. The minimum Gasteiger partial charge on any atom is -0.507 e. The molecular weight excluding hydrogens is 427 g/mol. The number of halogens is 2. The molecule has 0 unspecified atom stereocenters. The fraction of sp³-hybridized carbons (Fsp3) is 0.273. The monoisotopic (exact) mass is 448 g/mol. The fourth-order valence-electron chi connectivity index (χ4n) is 3.35. The SMILES string of the molecule is COc1ccc(/C(O)=C2\C(=O)C(=O)N(CCN(C)C)[C@@H]2c2ccc(Cl)c(Cl)c2)cc1. The van der Waals surface area contributed by atoms with Crippen molar-refractivity contribution in [1.29, 1.82) is 0 Å². The van der Waals surface area contributed by atoms with Crippen molar-refractivity contribution in [3.8, 4) is 5.75 Å². The minimum absolute atomic E-state index is 0.0160. The Morgan fingerprint density at radius 1 is 1.10 bits per heavy atom. The highest BCUT2D eigenvalue weighted by molar-refractivity contribution is 6.46. The maximum absolute atomic E-state index is 12.9. The maximum Gasteiger partial charge on any atom is 0.295 e. The Kier molecular flexibility index (Phi) is 6.71. The summed E-state index contributed by atoms with van der Waals surface area (Å²) < 4.78 is 5.14. The zero-order valence-corrected chi connectivity index (χ0v) is 18.4. The van der Waals surface area contributed by atoms with E-state index in [-0.39, 0.29) is 11.3 Å². The highest BCUT2D eigenvalue weighted by Crippen LogP contribution is 2.40. The molecule has 6 nitrogen and oxygen atoms in total. The van der Waals surface area contributed by atoms with E-state index in [1.54, 1.807) is 42.5 Å². The van der Waals surface area contributed by atoms with Crippen LogP contribution in [0.15, 0.2) is 48.0 Å². The van der Waals surface area contributed by atoms with E-state index in [0.29, 0.717) is 40.0 Å². The summed E-state index contributed by atoms with van der Waals surface area (Å²) in [7, 11) is 5.29. The van der Waals surface area contributed by atoms with Gasteiger partial charge in [-0.15, -0.1) is 0 Å². The summed E-state index contributed by atoms with van der Waals surface area (Å²) >= 11 is 12.2. The third-order valence-electron chi connectivity index (χ3n) is 4.95. The van der Waals surface area contributed by atoms with Crippen LogP contribution in [0.3, 0.4) is 0 Å². The van der Waals surface area contributed by atoms with Gasteiger partial charge in [0.1, 0.15) is 11.5 Å². The quantitative estimate of drug-likeness (QED) is 0.411. The molecule has 1 N–H and O–H groups in total. The van der Waals surface area contributed by atoms with Gasteiger partial charge in [-0.3, -0.25) is 9.59 Å². The van der Waals surface area contributed by atoms with E-state index in [9.17, 15) is 14.7 Å². The number of aliphatic hydroxyl groups excluding tert-OH is 1. The molecule has 0 spiro atoms. The van der Waals surface area contributed by atoms with Crippen molar-refractivity contribution in [2.75, 3.05) is 34.3 Å². The highest BCUT2D eigenvalue weighted by atomic mass is 35.5. The second-order valence-electron chi connectivity index (χ2n) is 7.20. The number of benzene rings is 2. The molecule has 1 atom stereocenters. The largest absolute Gasteiger partial charge is 0.507 e. The van der Waals surface area contributed by atoms with Crippen LogP contribution < -0.4 is 4.74 Å². The second kappa shape index (κ2) is 9.08. The summed E-state index contributed by atoms with van der Waals surface area (Å²) in [4.78, 5) is 29.1. The van der Waals surface area contributed by atoms with Gasteiger partial charge in [0, 0.05) is 18.7 Å². The van der Waals surface area contributed by atoms with Gasteiger partial charge in [-0.25, -0.2) is 0 Å². The van der Waals surface area contributed by atoms with Crippen LogP contribution in [0.4, 0.5) is 0 Å². The zero-order chi connectivity index (χ0) is 22.0. The van der Waals surface area contributed by atoms with E-state index >= 15 is 0 Å². The number of hydrogen-bond donors (Lipinski definition) is 1. The van der Waals surface area contributed by atoms with Gasteiger partial charge in [0.25, 0.3) is 11.7 Å². The van der Waals surface area contributed by atoms with Gasteiger partial charge >= 0.3 is 0 Å². The fourth-order valence-corrected chi connectivity index (χ4v) is 3.66. The molecule has 1 fully saturated rings.